The molecule has 3 atom stereocenters. The normalized spacial score (nSPS) is 19.0. The van der Waals surface area contributed by atoms with Gasteiger partial charge in [-0.3, -0.25) is 19.1 Å². The summed E-state index contributed by atoms with van der Waals surface area (Å²) >= 11 is 0. The number of carbonyl (C=O) groups excluding carboxylic acids is 2. The van der Waals surface area contributed by atoms with Crippen molar-refractivity contribution in [3.05, 3.63) is 93.4 Å². The predicted molar refractivity (Wildman–Crippen MR) is 137 cm³/mol. The Hall–Kier alpha value is -4.08. The molecule has 39 heavy (non-hydrogen) atoms. The van der Waals surface area contributed by atoms with Gasteiger partial charge in [0.05, 0.1) is 18.3 Å². The van der Waals surface area contributed by atoms with Gasteiger partial charge < -0.3 is 14.4 Å². The number of benzene rings is 2. The third kappa shape index (κ3) is 5.03. The number of aromatic nitrogens is 2. The standard InChI is InChI=1S/C29H29F2N3O5/c1-17(2)14-23(36)38-16-39-28-22(35)15-32-34-26(21-12-7-13-33(21)29(37)27(28)34)24(18-8-4-3-5-9-18)19-10-6-11-20(30)25(19)31/h3-6,8-11,15,17,21,24,26H,7,12-14,16H2,1-2H3/t21-,24?,26-/m1/s1. The van der Waals surface area contributed by atoms with Crippen molar-refractivity contribution in [1.29, 1.82) is 0 Å². The van der Waals surface area contributed by atoms with Gasteiger partial charge in [0, 0.05) is 24.4 Å². The van der Waals surface area contributed by atoms with Crippen LogP contribution < -0.4 is 10.2 Å². The first kappa shape index (κ1) is 26.5. The maximum atomic E-state index is 15.4. The highest BCUT2D eigenvalue weighted by Crippen LogP contribution is 2.46. The van der Waals surface area contributed by atoms with Crippen molar-refractivity contribution < 1.29 is 27.8 Å². The van der Waals surface area contributed by atoms with Gasteiger partial charge in [0.1, 0.15) is 0 Å². The zero-order valence-corrected chi connectivity index (χ0v) is 21.7. The molecule has 2 aromatic carbocycles. The van der Waals surface area contributed by atoms with E-state index in [9.17, 15) is 18.8 Å². The van der Waals surface area contributed by atoms with Crippen LogP contribution >= 0.6 is 0 Å². The van der Waals surface area contributed by atoms with Crippen LogP contribution in [0.15, 0.2) is 59.5 Å². The molecule has 1 saturated heterocycles. The second kappa shape index (κ2) is 11.0. The fourth-order valence-corrected chi connectivity index (χ4v) is 5.60. The highest BCUT2D eigenvalue weighted by Gasteiger charge is 2.48. The van der Waals surface area contributed by atoms with Gasteiger partial charge in [0.15, 0.2) is 17.3 Å². The number of halogens is 2. The van der Waals surface area contributed by atoms with E-state index in [4.69, 9.17) is 9.47 Å². The monoisotopic (exact) mass is 537 g/mol. The molecule has 1 fully saturated rings. The molecule has 0 saturated carbocycles. The summed E-state index contributed by atoms with van der Waals surface area (Å²) < 4.78 is 42.0. The maximum Gasteiger partial charge on any atom is 0.308 e. The van der Waals surface area contributed by atoms with E-state index in [1.54, 1.807) is 17.0 Å². The van der Waals surface area contributed by atoms with E-state index >= 15 is 4.39 Å². The van der Waals surface area contributed by atoms with E-state index in [-0.39, 0.29) is 35.4 Å². The number of hydrogen-bond donors (Lipinski definition) is 0. The summed E-state index contributed by atoms with van der Waals surface area (Å²) in [5, 5.41) is 4.33. The van der Waals surface area contributed by atoms with Crippen LogP contribution in [-0.2, 0) is 9.53 Å². The molecule has 3 heterocycles. The Morgan fingerprint density at radius 2 is 1.87 bits per heavy atom. The molecule has 1 amide bonds. The van der Waals surface area contributed by atoms with Crippen LogP contribution in [0.3, 0.4) is 0 Å². The van der Waals surface area contributed by atoms with Crippen molar-refractivity contribution in [3.8, 4) is 5.75 Å². The van der Waals surface area contributed by atoms with Crippen molar-refractivity contribution in [2.45, 2.75) is 51.1 Å². The second-order valence-corrected chi connectivity index (χ2v) is 10.2. The predicted octanol–water partition coefficient (Wildman–Crippen LogP) is 4.44. The highest BCUT2D eigenvalue weighted by atomic mass is 19.2. The molecule has 8 nitrogen and oxygen atoms in total. The maximum absolute atomic E-state index is 15.4. The first-order valence-corrected chi connectivity index (χ1v) is 13.0. The molecular weight excluding hydrogens is 508 g/mol. The van der Waals surface area contributed by atoms with Gasteiger partial charge in [0.2, 0.25) is 18.0 Å². The first-order chi connectivity index (χ1) is 18.8. The Morgan fingerprint density at radius 3 is 2.62 bits per heavy atom. The van der Waals surface area contributed by atoms with Crippen molar-refractivity contribution >= 4 is 11.9 Å². The van der Waals surface area contributed by atoms with Crippen molar-refractivity contribution in [2.75, 3.05) is 13.3 Å². The summed E-state index contributed by atoms with van der Waals surface area (Å²) in [6.07, 6.45) is 2.52. The number of esters is 1. The molecule has 10 heteroatoms. The van der Waals surface area contributed by atoms with Crippen molar-refractivity contribution in [1.82, 2.24) is 14.7 Å². The Labute approximate surface area is 224 Å². The summed E-state index contributed by atoms with van der Waals surface area (Å²) in [5.41, 5.74) is 0.0519. The molecule has 5 rings (SSSR count). The van der Waals surface area contributed by atoms with Crippen LogP contribution in [0.5, 0.6) is 5.75 Å². The molecule has 0 spiro atoms. The van der Waals surface area contributed by atoms with Gasteiger partial charge in [-0.25, -0.2) is 8.78 Å². The van der Waals surface area contributed by atoms with Crippen LogP contribution in [-0.4, -0.2) is 45.9 Å². The van der Waals surface area contributed by atoms with Crippen LogP contribution in [0, 0.1) is 17.6 Å². The number of ether oxygens (including phenoxy) is 2. The fraction of sp³-hybridized carbons (Fsp3) is 0.379. The molecule has 0 N–H and O–H groups in total. The quantitative estimate of drug-likeness (QED) is 0.312. The van der Waals surface area contributed by atoms with Gasteiger partial charge in [-0.15, -0.1) is 0 Å². The molecule has 204 valence electrons. The molecule has 0 bridgehead atoms. The van der Waals surface area contributed by atoms with Gasteiger partial charge in [-0.05, 0) is 30.4 Å². The number of hydrogen-bond acceptors (Lipinski definition) is 6. The SMILES string of the molecule is CC(C)CC(=O)OCOc1c2n(ncc1=O)[C@@H](C(c1ccccc1)c1cccc(F)c1F)[C@H]1CCCN1C2=O. The lowest BCUT2D eigenvalue weighted by atomic mass is 9.79. The summed E-state index contributed by atoms with van der Waals surface area (Å²) in [5.74, 6) is -3.88. The Bertz CT molecular complexity index is 1440. The topological polar surface area (TPSA) is 90.7 Å². The molecule has 0 radical (unpaired) electrons. The van der Waals surface area contributed by atoms with E-state index in [1.165, 1.54) is 16.8 Å². The molecule has 3 aromatic rings. The number of carbonyl (C=O) groups is 2. The summed E-state index contributed by atoms with van der Waals surface area (Å²) in [6.45, 7) is 3.60. The molecule has 1 unspecified atom stereocenters. The third-order valence-electron chi connectivity index (χ3n) is 7.22. The smallest absolute Gasteiger partial charge is 0.308 e. The minimum absolute atomic E-state index is 0.0735. The Morgan fingerprint density at radius 1 is 1.10 bits per heavy atom. The van der Waals surface area contributed by atoms with Crippen molar-refractivity contribution in [3.63, 3.8) is 0 Å². The minimum Gasteiger partial charge on any atom is -0.451 e. The first-order valence-electron chi connectivity index (χ1n) is 13.0. The van der Waals surface area contributed by atoms with E-state index in [0.29, 0.717) is 24.9 Å². The number of fused-ring (bicyclic) bond motifs is 2. The Kier molecular flexibility index (Phi) is 7.45. The third-order valence-corrected chi connectivity index (χ3v) is 7.22. The number of nitrogens with zero attached hydrogens (tertiary/aromatic N) is 3. The zero-order chi connectivity index (χ0) is 27.7. The minimum atomic E-state index is -0.982. The lowest BCUT2D eigenvalue weighted by Gasteiger charge is -2.42. The lowest BCUT2D eigenvalue weighted by Crippen LogP contribution is -2.51. The Balaban J connectivity index is 1.64. The average Bonchev–Trinajstić information content (AvgIpc) is 3.40. The van der Waals surface area contributed by atoms with E-state index in [2.05, 4.69) is 5.10 Å². The molecule has 1 aromatic heterocycles. The number of rotatable bonds is 8. The molecular formula is C29H29F2N3O5. The van der Waals surface area contributed by atoms with Crippen LogP contribution in [0.1, 0.15) is 66.7 Å². The summed E-state index contributed by atoms with van der Waals surface area (Å²) in [4.78, 5) is 40.2. The van der Waals surface area contributed by atoms with Gasteiger partial charge in [-0.2, -0.15) is 5.10 Å². The zero-order valence-electron chi connectivity index (χ0n) is 21.7. The fourth-order valence-electron chi connectivity index (χ4n) is 5.60. The van der Waals surface area contributed by atoms with Crippen LogP contribution in [0.4, 0.5) is 8.78 Å². The number of amides is 1. The molecule has 2 aliphatic heterocycles. The van der Waals surface area contributed by atoms with E-state index in [1.807, 2.05) is 32.0 Å². The molecule has 0 aliphatic carbocycles. The van der Waals surface area contributed by atoms with Gasteiger partial charge in [-0.1, -0.05) is 56.3 Å². The van der Waals surface area contributed by atoms with Crippen LogP contribution in [0.2, 0.25) is 0 Å². The highest BCUT2D eigenvalue weighted by molar-refractivity contribution is 5.96. The van der Waals surface area contributed by atoms with E-state index < -0.39 is 47.7 Å². The largest absolute Gasteiger partial charge is 0.451 e. The molecule has 2 aliphatic rings. The van der Waals surface area contributed by atoms with Crippen LogP contribution in [0.25, 0.3) is 0 Å². The summed E-state index contributed by atoms with van der Waals surface area (Å²) in [6, 6.07) is 12.0. The van der Waals surface area contributed by atoms with Crippen molar-refractivity contribution in [2.24, 2.45) is 5.92 Å². The van der Waals surface area contributed by atoms with E-state index in [0.717, 1.165) is 12.3 Å². The lowest BCUT2D eigenvalue weighted by molar-refractivity contribution is -0.151. The average molecular weight is 538 g/mol. The van der Waals surface area contributed by atoms with Gasteiger partial charge in [0.25, 0.3) is 5.91 Å². The summed E-state index contributed by atoms with van der Waals surface area (Å²) in [7, 11) is 0. The van der Waals surface area contributed by atoms with Gasteiger partial charge >= 0.3 is 5.97 Å². The second-order valence-electron chi connectivity index (χ2n) is 10.2.